The van der Waals surface area contributed by atoms with Gasteiger partial charge in [-0.15, -0.1) is 0 Å². The van der Waals surface area contributed by atoms with Crippen molar-refractivity contribution in [2.45, 2.75) is 39.7 Å². The Bertz CT molecular complexity index is 582. The van der Waals surface area contributed by atoms with Crippen molar-refractivity contribution in [1.82, 2.24) is 15.1 Å². The third-order valence-electron chi connectivity index (χ3n) is 5.00. The zero-order chi connectivity index (χ0) is 14.9. The first-order chi connectivity index (χ1) is 10.1. The minimum absolute atomic E-state index is 0.346. The number of nitrogens with zero attached hydrogens (tertiary/aromatic N) is 2. The summed E-state index contributed by atoms with van der Waals surface area (Å²) in [5, 5.41) is 8.17. The molecule has 0 aliphatic heterocycles. The SMILES string of the molecule is CC(NCC1(C(C)C)CC1)c1cnn(-c2ccccc2)c1. The van der Waals surface area contributed by atoms with Crippen molar-refractivity contribution in [2.75, 3.05) is 6.54 Å². The number of para-hydroxylation sites is 1. The maximum absolute atomic E-state index is 4.48. The molecule has 3 nitrogen and oxygen atoms in total. The Morgan fingerprint density at radius 1 is 1.19 bits per heavy atom. The van der Waals surface area contributed by atoms with Gasteiger partial charge < -0.3 is 5.32 Å². The molecule has 1 N–H and O–H groups in total. The molecule has 112 valence electrons. The lowest BCUT2D eigenvalue weighted by Gasteiger charge is -2.22. The molecule has 1 unspecified atom stereocenters. The molecule has 3 heteroatoms. The summed E-state index contributed by atoms with van der Waals surface area (Å²) in [5.74, 6) is 0.768. The number of aromatic nitrogens is 2. The van der Waals surface area contributed by atoms with E-state index in [0.29, 0.717) is 11.5 Å². The molecule has 1 fully saturated rings. The Hall–Kier alpha value is -1.61. The molecule has 1 aliphatic rings. The van der Waals surface area contributed by atoms with E-state index in [2.05, 4.69) is 49.5 Å². The van der Waals surface area contributed by atoms with Crippen LogP contribution in [0.1, 0.15) is 45.2 Å². The summed E-state index contributed by atoms with van der Waals surface area (Å²) >= 11 is 0. The Morgan fingerprint density at radius 3 is 2.52 bits per heavy atom. The van der Waals surface area contributed by atoms with Gasteiger partial charge in [-0.3, -0.25) is 0 Å². The molecular formula is C18H25N3. The topological polar surface area (TPSA) is 29.9 Å². The molecule has 0 bridgehead atoms. The first kappa shape index (κ1) is 14.3. The first-order valence-corrected chi connectivity index (χ1v) is 7.94. The molecule has 1 aromatic carbocycles. The van der Waals surface area contributed by atoms with Crippen molar-refractivity contribution in [1.29, 1.82) is 0 Å². The molecule has 1 saturated carbocycles. The van der Waals surface area contributed by atoms with Gasteiger partial charge in [0.1, 0.15) is 0 Å². The Morgan fingerprint density at radius 2 is 1.90 bits per heavy atom. The summed E-state index contributed by atoms with van der Waals surface area (Å²) in [6, 6.07) is 10.6. The number of hydrogen-bond donors (Lipinski definition) is 1. The molecule has 0 amide bonds. The van der Waals surface area contributed by atoms with Crippen LogP contribution in [0.4, 0.5) is 0 Å². The van der Waals surface area contributed by atoms with Crippen molar-refractivity contribution >= 4 is 0 Å². The maximum Gasteiger partial charge on any atom is 0.0645 e. The second-order valence-corrected chi connectivity index (χ2v) is 6.67. The highest BCUT2D eigenvalue weighted by Crippen LogP contribution is 2.51. The number of nitrogens with one attached hydrogen (secondary N) is 1. The Balaban J connectivity index is 1.63. The number of rotatable bonds is 6. The number of hydrogen-bond acceptors (Lipinski definition) is 2. The zero-order valence-corrected chi connectivity index (χ0v) is 13.2. The van der Waals surface area contributed by atoms with Gasteiger partial charge in [-0.2, -0.15) is 5.10 Å². The second kappa shape index (κ2) is 5.64. The third-order valence-corrected chi connectivity index (χ3v) is 5.00. The Labute approximate surface area is 127 Å². The quantitative estimate of drug-likeness (QED) is 0.869. The molecule has 2 aromatic rings. The molecule has 0 saturated heterocycles. The summed E-state index contributed by atoms with van der Waals surface area (Å²) in [7, 11) is 0. The van der Waals surface area contributed by atoms with E-state index in [4.69, 9.17) is 0 Å². The highest BCUT2D eigenvalue weighted by atomic mass is 15.3. The molecule has 0 radical (unpaired) electrons. The largest absolute Gasteiger partial charge is 0.310 e. The monoisotopic (exact) mass is 283 g/mol. The van der Waals surface area contributed by atoms with Crippen LogP contribution in [-0.2, 0) is 0 Å². The fraction of sp³-hybridized carbons (Fsp3) is 0.500. The van der Waals surface area contributed by atoms with Gasteiger partial charge in [0, 0.05) is 24.3 Å². The summed E-state index contributed by atoms with van der Waals surface area (Å²) in [6.07, 6.45) is 6.84. The molecule has 3 rings (SSSR count). The molecule has 1 heterocycles. The van der Waals surface area contributed by atoms with Crippen LogP contribution < -0.4 is 5.32 Å². The van der Waals surface area contributed by atoms with Crippen molar-refractivity contribution < 1.29 is 0 Å². The summed E-state index contributed by atoms with van der Waals surface area (Å²) in [6.45, 7) is 8.02. The number of benzene rings is 1. The highest BCUT2D eigenvalue weighted by Gasteiger charge is 2.44. The lowest BCUT2D eigenvalue weighted by atomic mass is 9.92. The smallest absolute Gasteiger partial charge is 0.0645 e. The van der Waals surface area contributed by atoms with Gasteiger partial charge >= 0.3 is 0 Å². The average Bonchev–Trinajstić information content (AvgIpc) is 3.14. The zero-order valence-electron chi connectivity index (χ0n) is 13.2. The minimum atomic E-state index is 0.346. The fourth-order valence-corrected chi connectivity index (χ4v) is 2.88. The van der Waals surface area contributed by atoms with Crippen molar-refractivity contribution in [3.05, 3.63) is 48.3 Å². The van der Waals surface area contributed by atoms with Crippen molar-refractivity contribution in [3.8, 4) is 5.69 Å². The van der Waals surface area contributed by atoms with E-state index >= 15 is 0 Å². The molecule has 1 aliphatic carbocycles. The fourth-order valence-electron chi connectivity index (χ4n) is 2.88. The van der Waals surface area contributed by atoms with Gasteiger partial charge in [-0.25, -0.2) is 4.68 Å². The predicted octanol–water partition coefficient (Wildman–Crippen LogP) is 3.96. The van der Waals surface area contributed by atoms with Crippen LogP contribution in [0.2, 0.25) is 0 Å². The van der Waals surface area contributed by atoms with E-state index in [1.807, 2.05) is 29.1 Å². The van der Waals surface area contributed by atoms with Crippen LogP contribution in [0, 0.1) is 11.3 Å². The van der Waals surface area contributed by atoms with Gasteiger partial charge in [0.05, 0.1) is 11.9 Å². The van der Waals surface area contributed by atoms with Crippen LogP contribution in [0.15, 0.2) is 42.7 Å². The first-order valence-electron chi connectivity index (χ1n) is 7.94. The highest BCUT2D eigenvalue weighted by molar-refractivity contribution is 5.31. The predicted molar refractivity (Wildman–Crippen MR) is 86.5 cm³/mol. The van der Waals surface area contributed by atoms with Gasteiger partial charge in [-0.1, -0.05) is 32.0 Å². The second-order valence-electron chi connectivity index (χ2n) is 6.67. The summed E-state index contributed by atoms with van der Waals surface area (Å²) < 4.78 is 1.95. The van der Waals surface area contributed by atoms with Crippen molar-refractivity contribution in [2.24, 2.45) is 11.3 Å². The Kier molecular flexibility index (Phi) is 3.85. The van der Waals surface area contributed by atoms with E-state index in [9.17, 15) is 0 Å². The average molecular weight is 283 g/mol. The van der Waals surface area contributed by atoms with E-state index in [-0.39, 0.29) is 0 Å². The van der Waals surface area contributed by atoms with Gasteiger partial charge in [0.2, 0.25) is 0 Å². The lowest BCUT2D eigenvalue weighted by Crippen LogP contribution is -2.29. The van der Waals surface area contributed by atoms with Crippen LogP contribution >= 0.6 is 0 Å². The molecule has 1 atom stereocenters. The normalized spacial score (nSPS) is 17.9. The minimum Gasteiger partial charge on any atom is -0.310 e. The van der Waals surface area contributed by atoms with E-state index < -0.39 is 0 Å². The van der Waals surface area contributed by atoms with Crippen LogP contribution in [-0.4, -0.2) is 16.3 Å². The third kappa shape index (κ3) is 3.03. The van der Waals surface area contributed by atoms with Crippen LogP contribution in [0.3, 0.4) is 0 Å². The molecule has 1 aromatic heterocycles. The molecular weight excluding hydrogens is 258 g/mol. The van der Waals surface area contributed by atoms with Crippen molar-refractivity contribution in [3.63, 3.8) is 0 Å². The van der Waals surface area contributed by atoms with Crippen LogP contribution in [0.25, 0.3) is 5.69 Å². The molecule has 0 spiro atoms. The van der Waals surface area contributed by atoms with E-state index in [1.54, 1.807) is 0 Å². The van der Waals surface area contributed by atoms with E-state index in [0.717, 1.165) is 18.2 Å². The van der Waals surface area contributed by atoms with E-state index in [1.165, 1.54) is 18.4 Å². The van der Waals surface area contributed by atoms with Gasteiger partial charge in [-0.05, 0) is 43.2 Å². The van der Waals surface area contributed by atoms with Crippen LogP contribution in [0.5, 0.6) is 0 Å². The maximum atomic E-state index is 4.48. The summed E-state index contributed by atoms with van der Waals surface area (Å²) in [5.41, 5.74) is 2.90. The summed E-state index contributed by atoms with van der Waals surface area (Å²) in [4.78, 5) is 0. The standard InChI is InChI=1S/C18H25N3/c1-14(2)18(9-10-18)13-19-15(3)16-11-20-21(12-16)17-7-5-4-6-8-17/h4-8,11-12,14-15,19H,9-10,13H2,1-3H3. The lowest BCUT2D eigenvalue weighted by molar-refractivity contribution is 0.325. The van der Waals surface area contributed by atoms with Gasteiger partial charge in [0.15, 0.2) is 0 Å². The molecule has 21 heavy (non-hydrogen) atoms. The van der Waals surface area contributed by atoms with Gasteiger partial charge in [0.25, 0.3) is 0 Å².